The molecule has 1 unspecified atom stereocenters. The van der Waals surface area contributed by atoms with Gasteiger partial charge in [0.2, 0.25) is 11.8 Å². The zero-order valence-corrected chi connectivity index (χ0v) is 18.3. The van der Waals surface area contributed by atoms with Crippen LogP contribution in [0.1, 0.15) is 36.8 Å². The average molecular weight is 437 g/mol. The van der Waals surface area contributed by atoms with E-state index >= 15 is 0 Å². The van der Waals surface area contributed by atoms with E-state index in [1.165, 1.54) is 5.56 Å². The summed E-state index contributed by atoms with van der Waals surface area (Å²) >= 11 is 0. The number of H-pyrrole nitrogens is 1. The Morgan fingerprint density at radius 2 is 1.88 bits per heavy atom. The fourth-order valence-corrected chi connectivity index (χ4v) is 3.73. The van der Waals surface area contributed by atoms with E-state index in [-0.39, 0.29) is 24.0 Å². The minimum atomic E-state index is -0.698. The minimum absolute atomic E-state index is 0.157. The molecule has 0 spiro atoms. The van der Waals surface area contributed by atoms with Crippen molar-refractivity contribution in [3.8, 4) is 5.75 Å². The van der Waals surface area contributed by atoms with Crippen molar-refractivity contribution in [1.29, 1.82) is 0 Å². The number of carbonyl (C=O) groups is 2. The van der Waals surface area contributed by atoms with Gasteiger partial charge in [0.15, 0.2) is 0 Å². The summed E-state index contributed by atoms with van der Waals surface area (Å²) in [5, 5.41) is 16.5. The number of phenols is 1. The molecule has 7 heteroatoms. The molecule has 0 saturated heterocycles. The number of carbonyl (C=O) groups excluding carboxylic acids is 2. The number of unbranched alkanes of at least 4 members (excludes halogenated alkanes) is 1. The minimum Gasteiger partial charge on any atom is -0.508 e. The highest BCUT2D eigenvalue weighted by Crippen LogP contribution is 2.24. The number of aromatic hydroxyl groups is 1. The standard InChI is InChI=1S/C25H32N4O3/c26-13-6-10-24(31)29-23(15-19-17-28-22-12-11-20(30)16-21(19)22)25(32)27-14-5-4-9-18-7-2-1-3-8-18/h1-3,7-8,11-12,16-17,23,28,30H,4-6,9-10,13-15,26H2,(H,27,32)(H,29,31). The number of hydrogen-bond acceptors (Lipinski definition) is 4. The van der Waals surface area contributed by atoms with Crippen LogP contribution in [0.3, 0.4) is 0 Å². The predicted molar refractivity (Wildman–Crippen MR) is 126 cm³/mol. The van der Waals surface area contributed by atoms with Crippen LogP contribution in [0, 0.1) is 0 Å². The molecule has 170 valence electrons. The van der Waals surface area contributed by atoms with E-state index in [1.54, 1.807) is 18.2 Å². The van der Waals surface area contributed by atoms with Crippen LogP contribution in [0.5, 0.6) is 5.75 Å². The van der Waals surface area contributed by atoms with Gasteiger partial charge in [0.05, 0.1) is 0 Å². The third kappa shape index (κ3) is 6.85. The lowest BCUT2D eigenvalue weighted by molar-refractivity contribution is -0.129. The van der Waals surface area contributed by atoms with Gasteiger partial charge in [-0.25, -0.2) is 0 Å². The van der Waals surface area contributed by atoms with Crippen molar-refractivity contribution in [2.75, 3.05) is 13.1 Å². The Morgan fingerprint density at radius 1 is 1.06 bits per heavy atom. The molecule has 0 radical (unpaired) electrons. The second kappa shape index (κ2) is 11.9. The Balaban J connectivity index is 1.58. The van der Waals surface area contributed by atoms with Gasteiger partial charge in [-0.3, -0.25) is 9.59 Å². The molecule has 0 bridgehead atoms. The molecule has 1 atom stereocenters. The Labute approximate surface area is 188 Å². The predicted octanol–water partition coefficient (Wildman–Crippen LogP) is 2.78. The first-order valence-electron chi connectivity index (χ1n) is 11.2. The Kier molecular flexibility index (Phi) is 8.69. The van der Waals surface area contributed by atoms with E-state index in [4.69, 9.17) is 5.73 Å². The molecule has 2 amide bonds. The number of amides is 2. The highest BCUT2D eigenvalue weighted by molar-refractivity contribution is 5.90. The second-order valence-electron chi connectivity index (χ2n) is 7.99. The van der Waals surface area contributed by atoms with Crippen LogP contribution < -0.4 is 16.4 Å². The number of phenolic OH excluding ortho intramolecular Hbond substituents is 1. The number of aromatic amines is 1. The number of fused-ring (bicyclic) bond motifs is 1. The largest absolute Gasteiger partial charge is 0.508 e. The van der Waals surface area contributed by atoms with E-state index in [9.17, 15) is 14.7 Å². The van der Waals surface area contributed by atoms with Crippen LogP contribution in [-0.4, -0.2) is 41.0 Å². The Bertz CT molecular complexity index is 1020. The van der Waals surface area contributed by atoms with Gasteiger partial charge in [0.1, 0.15) is 11.8 Å². The lowest BCUT2D eigenvalue weighted by Gasteiger charge is -2.18. The molecule has 0 saturated carbocycles. The summed E-state index contributed by atoms with van der Waals surface area (Å²) < 4.78 is 0. The fourth-order valence-electron chi connectivity index (χ4n) is 3.73. The molecule has 1 heterocycles. The fraction of sp³-hybridized carbons (Fsp3) is 0.360. The second-order valence-corrected chi connectivity index (χ2v) is 7.99. The van der Waals surface area contributed by atoms with Gasteiger partial charge in [-0.1, -0.05) is 30.3 Å². The van der Waals surface area contributed by atoms with Crippen molar-refractivity contribution in [1.82, 2.24) is 15.6 Å². The van der Waals surface area contributed by atoms with Gasteiger partial charge in [0, 0.05) is 36.5 Å². The molecule has 0 aliphatic heterocycles. The molecular formula is C25H32N4O3. The van der Waals surface area contributed by atoms with Crippen molar-refractivity contribution < 1.29 is 14.7 Å². The van der Waals surface area contributed by atoms with Crippen molar-refractivity contribution >= 4 is 22.7 Å². The number of rotatable bonds is 12. The maximum atomic E-state index is 12.9. The first-order valence-corrected chi connectivity index (χ1v) is 11.2. The highest BCUT2D eigenvalue weighted by Gasteiger charge is 2.22. The summed E-state index contributed by atoms with van der Waals surface area (Å²) in [6.07, 6.45) is 5.79. The molecule has 0 fully saturated rings. The number of nitrogens with one attached hydrogen (secondary N) is 3. The normalized spacial score (nSPS) is 11.9. The van der Waals surface area contributed by atoms with Gasteiger partial charge in [-0.05, 0) is 61.6 Å². The molecule has 3 rings (SSSR count). The van der Waals surface area contributed by atoms with Crippen LogP contribution in [0.4, 0.5) is 0 Å². The summed E-state index contributed by atoms with van der Waals surface area (Å²) in [6, 6.07) is 14.6. The lowest BCUT2D eigenvalue weighted by Crippen LogP contribution is -2.48. The Hall–Kier alpha value is -3.32. The SMILES string of the molecule is NCCCC(=O)NC(Cc1c[nH]c2ccc(O)cc12)C(=O)NCCCCc1ccccc1. The third-order valence-corrected chi connectivity index (χ3v) is 5.47. The first-order chi connectivity index (χ1) is 15.6. The Morgan fingerprint density at radius 3 is 2.66 bits per heavy atom. The summed E-state index contributed by atoms with van der Waals surface area (Å²) in [6.45, 7) is 0.975. The van der Waals surface area contributed by atoms with Gasteiger partial charge in [-0.15, -0.1) is 0 Å². The third-order valence-electron chi connectivity index (χ3n) is 5.47. The molecule has 7 nitrogen and oxygen atoms in total. The number of hydrogen-bond donors (Lipinski definition) is 5. The van der Waals surface area contributed by atoms with E-state index in [0.717, 1.165) is 35.7 Å². The number of aryl methyl sites for hydroxylation is 1. The van der Waals surface area contributed by atoms with E-state index in [1.807, 2.05) is 24.4 Å². The maximum absolute atomic E-state index is 12.9. The van der Waals surface area contributed by atoms with E-state index in [0.29, 0.717) is 25.9 Å². The van der Waals surface area contributed by atoms with Crippen LogP contribution >= 0.6 is 0 Å². The molecule has 2 aromatic carbocycles. The summed E-state index contributed by atoms with van der Waals surface area (Å²) in [5.41, 5.74) is 8.51. The average Bonchev–Trinajstić information content (AvgIpc) is 3.19. The molecule has 6 N–H and O–H groups in total. The maximum Gasteiger partial charge on any atom is 0.242 e. The highest BCUT2D eigenvalue weighted by atomic mass is 16.3. The van der Waals surface area contributed by atoms with Crippen molar-refractivity contribution in [2.45, 2.75) is 44.6 Å². The van der Waals surface area contributed by atoms with Crippen molar-refractivity contribution in [3.63, 3.8) is 0 Å². The first kappa shape index (κ1) is 23.3. The molecule has 0 aliphatic rings. The lowest BCUT2D eigenvalue weighted by atomic mass is 10.0. The van der Waals surface area contributed by atoms with Crippen molar-refractivity contribution in [3.05, 3.63) is 65.9 Å². The summed E-state index contributed by atoms with van der Waals surface area (Å²) in [5.74, 6) is -0.243. The van der Waals surface area contributed by atoms with Gasteiger partial charge in [-0.2, -0.15) is 0 Å². The van der Waals surface area contributed by atoms with Crippen LogP contribution in [0.15, 0.2) is 54.7 Å². The smallest absolute Gasteiger partial charge is 0.242 e. The number of aromatic nitrogens is 1. The molecule has 32 heavy (non-hydrogen) atoms. The summed E-state index contributed by atoms with van der Waals surface area (Å²) in [4.78, 5) is 28.4. The monoisotopic (exact) mass is 436 g/mol. The molecule has 3 aromatic rings. The molecule has 1 aromatic heterocycles. The van der Waals surface area contributed by atoms with Crippen LogP contribution in [-0.2, 0) is 22.4 Å². The zero-order valence-electron chi connectivity index (χ0n) is 18.3. The number of nitrogens with two attached hydrogens (primary N) is 1. The van der Waals surface area contributed by atoms with E-state index < -0.39 is 6.04 Å². The number of benzene rings is 2. The zero-order chi connectivity index (χ0) is 22.8. The van der Waals surface area contributed by atoms with E-state index in [2.05, 4.69) is 27.8 Å². The van der Waals surface area contributed by atoms with Crippen LogP contribution in [0.25, 0.3) is 10.9 Å². The summed E-state index contributed by atoms with van der Waals surface area (Å²) in [7, 11) is 0. The topological polar surface area (TPSA) is 120 Å². The van der Waals surface area contributed by atoms with Gasteiger partial charge < -0.3 is 26.5 Å². The van der Waals surface area contributed by atoms with Gasteiger partial charge in [0.25, 0.3) is 0 Å². The van der Waals surface area contributed by atoms with Crippen LogP contribution in [0.2, 0.25) is 0 Å². The molecular weight excluding hydrogens is 404 g/mol. The van der Waals surface area contributed by atoms with Gasteiger partial charge >= 0.3 is 0 Å². The van der Waals surface area contributed by atoms with Crippen molar-refractivity contribution in [2.24, 2.45) is 5.73 Å². The molecule has 0 aliphatic carbocycles. The quantitative estimate of drug-likeness (QED) is 0.280.